The molecule has 5 aliphatic rings. The third-order valence-electron chi connectivity index (χ3n) is 8.06. The Morgan fingerprint density at radius 1 is 1.16 bits per heavy atom. The molecule has 44 heavy (non-hydrogen) atoms. The lowest BCUT2D eigenvalue weighted by atomic mass is 9.88. The van der Waals surface area contributed by atoms with E-state index in [-0.39, 0.29) is 40.9 Å². The Morgan fingerprint density at radius 2 is 1.93 bits per heavy atom. The smallest absolute Gasteiger partial charge is 0.298 e. The van der Waals surface area contributed by atoms with Crippen LogP contribution >= 0.6 is 11.6 Å². The lowest BCUT2D eigenvalue weighted by Crippen LogP contribution is -2.54. The van der Waals surface area contributed by atoms with E-state index in [1.54, 1.807) is 0 Å². The van der Waals surface area contributed by atoms with Gasteiger partial charge in [0.25, 0.3) is 5.91 Å². The lowest BCUT2D eigenvalue weighted by Gasteiger charge is -2.38. The number of hydrazine groups is 1. The van der Waals surface area contributed by atoms with E-state index in [2.05, 4.69) is 67.5 Å². The van der Waals surface area contributed by atoms with Gasteiger partial charge in [0.1, 0.15) is 12.0 Å². The number of aliphatic imine (C=N–C) groups is 2. The van der Waals surface area contributed by atoms with Crippen LogP contribution in [0.25, 0.3) is 0 Å². The Labute approximate surface area is 258 Å². The molecule has 12 N–H and O–H groups in total. The maximum atomic E-state index is 13.1. The summed E-state index contributed by atoms with van der Waals surface area (Å²) >= 11 is 6.09. The zero-order chi connectivity index (χ0) is 31.4. The summed E-state index contributed by atoms with van der Waals surface area (Å²) in [5.41, 5.74) is 0.482. The summed E-state index contributed by atoms with van der Waals surface area (Å²) in [6, 6.07) is 0. The Morgan fingerprint density at radius 3 is 2.64 bits per heavy atom. The van der Waals surface area contributed by atoms with Gasteiger partial charge >= 0.3 is 0 Å². The Bertz CT molecular complexity index is 1320. The summed E-state index contributed by atoms with van der Waals surface area (Å²) in [5.74, 6) is 17.0. The number of hydrogen-bond acceptors (Lipinski definition) is 14. The third kappa shape index (κ3) is 6.61. The van der Waals surface area contributed by atoms with Crippen LogP contribution in [0.5, 0.6) is 0 Å². The van der Waals surface area contributed by atoms with E-state index in [0.29, 0.717) is 45.6 Å². The van der Waals surface area contributed by atoms with Crippen molar-refractivity contribution in [1.82, 2.24) is 46.7 Å². The molecule has 3 unspecified atom stereocenters. The fraction of sp³-hybridized carbons (Fsp3) is 0.652. The van der Waals surface area contributed by atoms with Crippen molar-refractivity contribution in [2.75, 3.05) is 40.4 Å². The molecule has 0 aliphatic carbocycles. The molecule has 0 aromatic heterocycles. The molecule has 20 nitrogen and oxygen atoms in total. The van der Waals surface area contributed by atoms with Gasteiger partial charge in [-0.3, -0.25) is 24.8 Å². The summed E-state index contributed by atoms with van der Waals surface area (Å²) in [7, 11) is 4.06. The van der Waals surface area contributed by atoms with E-state index in [9.17, 15) is 9.59 Å². The second kappa shape index (κ2) is 13.2. The second-order valence-electron chi connectivity index (χ2n) is 11.2. The van der Waals surface area contributed by atoms with Crippen LogP contribution in [0.2, 0.25) is 0 Å². The van der Waals surface area contributed by atoms with Crippen molar-refractivity contribution in [3.05, 3.63) is 22.5 Å². The largest absolute Gasteiger partial charge is 0.363 e. The minimum Gasteiger partial charge on any atom is -0.363 e. The van der Waals surface area contributed by atoms with Crippen LogP contribution in [0.3, 0.4) is 0 Å². The van der Waals surface area contributed by atoms with Crippen molar-refractivity contribution < 1.29 is 9.59 Å². The Hall–Kier alpha value is -4.27. The number of guanidine groups is 1. The molecule has 0 saturated carbocycles. The predicted molar refractivity (Wildman–Crippen MR) is 160 cm³/mol. The van der Waals surface area contributed by atoms with Crippen LogP contribution in [0.4, 0.5) is 0 Å². The van der Waals surface area contributed by atoms with Gasteiger partial charge < -0.3 is 43.2 Å². The van der Waals surface area contributed by atoms with Crippen LogP contribution in [0.15, 0.2) is 53.2 Å². The van der Waals surface area contributed by atoms with E-state index in [0.717, 1.165) is 24.4 Å². The number of nitrogens with zero attached hydrogens (tertiary/aromatic N) is 9. The number of carbonyl (C=O) groups excluding carboxylic acids is 2. The van der Waals surface area contributed by atoms with Crippen LogP contribution in [0.1, 0.15) is 32.1 Å². The van der Waals surface area contributed by atoms with Gasteiger partial charge in [0.05, 0.1) is 30.6 Å². The van der Waals surface area contributed by atoms with E-state index in [4.69, 9.17) is 29.1 Å². The minimum absolute atomic E-state index is 0.00828. The SMILES string of the molecule is CN(C)C1NCNC2=C1NC(CCCC(=O)N1CCC3(CC1)CN(N)/C(=N\C(=O)C1=NC(Cl)=C(N=NN)NC1N=NN)N3)N2. The number of amides is 2. The zero-order valence-electron chi connectivity index (χ0n) is 24.5. The van der Waals surface area contributed by atoms with Gasteiger partial charge in [0, 0.05) is 19.5 Å². The first-order valence-corrected chi connectivity index (χ1v) is 14.6. The molecule has 3 atom stereocenters. The number of rotatable bonds is 8. The van der Waals surface area contributed by atoms with E-state index in [1.807, 2.05) is 19.0 Å². The number of nitrogens with two attached hydrogens (primary N) is 3. The molecule has 0 bridgehead atoms. The number of likely N-dealkylation sites (N-methyl/N-ethyl adjacent to an activating group) is 1. The highest BCUT2D eigenvalue weighted by molar-refractivity contribution is 6.44. The molecule has 21 heteroatoms. The Kier molecular flexibility index (Phi) is 9.32. The number of halogens is 1. The van der Waals surface area contributed by atoms with Gasteiger partial charge in [-0.25, -0.2) is 10.8 Å². The molecule has 2 fully saturated rings. The van der Waals surface area contributed by atoms with E-state index < -0.39 is 17.6 Å². The molecule has 240 valence electrons. The molecule has 5 heterocycles. The highest BCUT2D eigenvalue weighted by Gasteiger charge is 2.44. The van der Waals surface area contributed by atoms with Gasteiger partial charge in [0.2, 0.25) is 11.9 Å². The maximum absolute atomic E-state index is 13.1. The molecular weight excluding hydrogens is 596 g/mol. The average molecular weight is 635 g/mol. The molecule has 2 amide bonds. The predicted octanol–water partition coefficient (Wildman–Crippen LogP) is -2.71. The quantitative estimate of drug-likeness (QED) is 0.0569. The monoisotopic (exact) mass is 634 g/mol. The standard InChI is InChI=1S/C23H39ClN18O2/c1-40(2)20-14-17(28-11-29-20)31-12(30-14)4-3-5-13(43)41-8-6-23(7-9-41)10-42(27)22(35-23)34-21(44)15-18(36-38-25)33-19(37-39-26)16(24)32-15/h12,18,20,28-31,33H,3-11,27H2,1-2H3,(H2,25,36)(H2,26,37)(H,34,35,44). The summed E-state index contributed by atoms with van der Waals surface area (Å²) in [4.78, 5) is 38.3. The normalized spacial score (nSPS) is 27.4. The molecular formula is C23H39ClN18O2. The van der Waals surface area contributed by atoms with Crippen molar-refractivity contribution in [3.63, 3.8) is 0 Å². The van der Waals surface area contributed by atoms with Gasteiger partial charge in [-0.1, -0.05) is 22.0 Å². The fourth-order valence-electron chi connectivity index (χ4n) is 5.83. The van der Waals surface area contributed by atoms with Crippen molar-refractivity contribution in [2.45, 2.75) is 56.1 Å². The van der Waals surface area contributed by atoms with Crippen molar-refractivity contribution >= 4 is 35.1 Å². The highest BCUT2D eigenvalue weighted by Crippen LogP contribution is 2.28. The molecule has 1 spiro atoms. The lowest BCUT2D eigenvalue weighted by molar-refractivity contribution is -0.133. The molecule has 0 aromatic rings. The summed E-state index contributed by atoms with van der Waals surface area (Å²) < 4.78 is 0. The molecule has 2 saturated heterocycles. The highest BCUT2D eigenvalue weighted by atomic mass is 35.5. The van der Waals surface area contributed by atoms with Crippen LogP contribution in [-0.4, -0.2) is 103 Å². The number of piperidine rings is 1. The Balaban J connectivity index is 1.11. The number of nitrogens with one attached hydrogen (secondary N) is 6. The number of carbonyl (C=O) groups is 2. The topological polar surface area (TPSA) is 268 Å². The average Bonchev–Trinajstić information content (AvgIpc) is 3.54. The van der Waals surface area contributed by atoms with Crippen LogP contribution < -0.4 is 49.4 Å². The molecule has 0 radical (unpaired) electrons. The first-order chi connectivity index (χ1) is 21.1. The van der Waals surface area contributed by atoms with Crippen molar-refractivity contribution in [1.29, 1.82) is 0 Å². The van der Waals surface area contributed by atoms with Crippen LogP contribution in [0, 0.1) is 0 Å². The van der Waals surface area contributed by atoms with Gasteiger partial charge in [-0.2, -0.15) is 4.99 Å². The summed E-state index contributed by atoms with van der Waals surface area (Å²) in [5, 5.41) is 34.7. The third-order valence-corrected chi connectivity index (χ3v) is 8.32. The van der Waals surface area contributed by atoms with Crippen molar-refractivity contribution in [2.24, 2.45) is 48.2 Å². The van der Waals surface area contributed by atoms with Crippen LogP contribution in [-0.2, 0) is 9.59 Å². The first-order valence-electron chi connectivity index (χ1n) is 14.2. The van der Waals surface area contributed by atoms with Gasteiger partial charge in [-0.15, -0.1) is 10.2 Å². The zero-order valence-corrected chi connectivity index (χ0v) is 25.3. The van der Waals surface area contributed by atoms with Gasteiger partial charge in [-0.05, 0) is 39.8 Å². The first kappa shape index (κ1) is 31.2. The number of likely N-dealkylation sites (tertiary alicyclic amines) is 1. The van der Waals surface area contributed by atoms with Gasteiger partial charge in [0.15, 0.2) is 22.9 Å². The molecule has 5 aliphatic heterocycles. The maximum Gasteiger partial charge on any atom is 0.298 e. The van der Waals surface area contributed by atoms with E-state index in [1.165, 1.54) is 5.01 Å². The molecule has 0 aromatic carbocycles. The summed E-state index contributed by atoms with van der Waals surface area (Å²) in [6.45, 7) is 2.22. The molecule has 5 rings (SSSR count). The minimum atomic E-state index is -1.11. The fourth-order valence-corrected chi connectivity index (χ4v) is 6.01. The summed E-state index contributed by atoms with van der Waals surface area (Å²) in [6.07, 6.45) is 2.37. The second-order valence-corrected chi connectivity index (χ2v) is 11.6. The van der Waals surface area contributed by atoms with Crippen molar-refractivity contribution in [3.8, 4) is 0 Å². The van der Waals surface area contributed by atoms with E-state index >= 15 is 0 Å². The number of hydrogen-bond donors (Lipinski definition) is 9.